The third-order valence-electron chi connectivity index (χ3n) is 5.46. The summed E-state index contributed by atoms with van der Waals surface area (Å²) < 4.78 is 2.02. The number of amides is 2. The van der Waals surface area contributed by atoms with Crippen LogP contribution in [0.5, 0.6) is 0 Å². The molecule has 0 radical (unpaired) electrons. The Morgan fingerprint density at radius 3 is 2.45 bits per heavy atom. The average molecular weight is 435 g/mol. The molecule has 2 heterocycles. The summed E-state index contributed by atoms with van der Waals surface area (Å²) in [5.41, 5.74) is 2.92. The lowest BCUT2D eigenvalue weighted by Gasteiger charge is -2.22. The van der Waals surface area contributed by atoms with Crippen molar-refractivity contribution < 1.29 is 9.59 Å². The maximum Gasteiger partial charge on any atom is 0.253 e. The molecule has 0 atom stereocenters. The topological polar surface area (TPSA) is 58.4 Å². The van der Waals surface area contributed by atoms with Gasteiger partial charge in [-0.3, -0.25) is 14.2 Å². The van der Waals surface area contributed by atoms with Gasteiger partial charge in [0, 0.05) is 44.1 Å². The Morgan fingerprint density at radius 1 is 0.935 bits per heavy atom. The molecule has 1 saturated heterocycles. The number of thioether (sulfide) groups is 1. The number of carbonyl (C=O) groups excluding carboxylic acids is 2. The molecule has 1 aromatic heterocycles. The molecule has 2 amide bonds. The molecule has 1 aliphatic heterocycles. The number of carbonyl (C=O) groups is 2. The highest BCUT2D eigenvalue weighted by Crippen LogP contribution is 2.23. The molecule has 7 heteroatoms. The van der Waals surface area contributed by atoms with E-state index in [1.807, 2.05) is 63.0 Å². The smallest absolute Gasteiger partial charge is 0.253 e. The van der Waals surface area contributed by atoms with E-state index in [0.717, 1.165) is 22.8 Å². The van der Waals surface area contributed by atoms with Crippen molar-refractivity contribution in [2.75, 3.05) is 31.9 Å². The monoisotopic (exact) mass is 434 g/mol. The van der Waals surface area contributed by atoms with Crippen molar-refractivity contribution in [2.24, 2.45) is 0 Å². The normalized spacial score (nSPS) is 14.4. The van der Waals surface area contributed by atoms with Gasteiger partial charge in [-0.25, -0.2) is 4.98 Å². The lowest BCUT2D eigenvalue weighted by atomic mass is 10.2. The summed E-state index contributed by atoms with van der Waals surface area (Å²) in [6, 6.07) is 17.5. The zero-order valence-corrected chi connectivity index (χ0v) is 18.4. The Balaban J connectivity index is 1.35. The molecule has 0 N–H and O–H groups in total. The molecular formula is C24H26N4O2S. The molecule has 0 aliphatic carbocycles. The van der Waals surface area contributed by atoms with Crippen LogP contribution in [-0.4, -0.2) is 63.1 Å². The van der Waals surface area contributed by atoms with E-state index in [4.69, 9.17) is 0 Å². The molecule has 6 nitrogen and oxygen atoms in total. The van der Waals surface area contributed by atoms with Gasteiger partial charge in [-0.05, 0) is 37.1 Å². The fraction of sp³-hybridized carbons (Fsp3) is 0.292. The molecule has 0 spiro atoms. The molecular weight excluding hydrogens is 408 g/mol. The van der Waals surface area contributed by atoms with Crippen LogP contribution in [0, 0.1) is 6.92 Å². The maximum absolute atomic E-state index is 12.9. The average Bonchev–Trinajstić information content (AvgIpc) is 3.12. The second kappa shape index (κ2) is 9.83. The number of rotatable bonds is 5. The van der Waals surface area contributed by atoms with E-state index in [2.05, 4.69) is 24.0 Å². The lowest BCUT2D eigenvalue weighted by Crippen LogP contribution is -2.38. The Morgan fingerprint density at radius 2 is 1.65 bits per heavy atom. The molecule has 31 heavy (non-hydrogen) atoms. The highest BCUT2D eigenvalue weighted by molar-refractivity contribution is 7.99. The van der Waals surface area contributed by atoms with Crippen LogP contribution in [0.2, 0.25) is 0 Å². The highest BCUT2D eigenvalue weighted by Gasteiger charge is 2.23. The minimum absolute atomic E-state index is 0.0320. The quantitative estimate of drug-likeness (QED) is 0.575. The standard InChI is InChI=1S/C24H26N4O2S/c1-19-8-5-6-11-21(19)28-15-12-25-24(28)31-18-22(29)26-13-7-14-27(17-16-26)23(30)20-9-3-2-4-10-20/h2-6,8-12,15H,7,13-14,16-18H2,1H3. The van der Waals surface area contributed by atoms with Crippen molar-refractivity contribution in [2.45, 2.75) is 18.5 Å². The lowest BCUT2D eigenvalue weighted by molar-refractivity contribution is -0.128. The van der Waals surface area contributed by atoms with Crippen LogP contribution in [0.25, 0.3) is 5.69 Å². The number of aryl methyl sites for hydroxylation is 1. The van der Waals surface area contributed by atoms with Crippen molar-refractivity contribution in [1.82, 2.24) is 19.4 Å². The third-order valence-corrected chi connectivity index (χ3v) is 6.41. The zero-order valence-electron chi connectivity index (χ0n) is 17.6. The van der Waals surface area contributed by atoms with Gasteiger partial charge in [0.15, 0.2) is 5.16 Å². The SMILES string of the molecule is Cc1ccccc1-n1ccnc1SCC(=O)N1CCCN(C(=O)c2ccccc2)CC1. The van der Waals surface area contributed by atoms with Gasteiger partial charge in [0.1, 0.15) is 0 Å². The van der Waals surface area contributed by atoms with E-state index < -0.39 is 0 Å². The third kappa shape index (κ3) is 4.99. The second-order valence-electron chi connectivity index (χ2n) is 7.55. The van der Waals surface area contributed by atoms with Crippen molar-refractivity contribution in [3.63, 3.8) is 0 Å². The van der Waals surface area contributed by atoms with Crippen LogP contribution in [0.3, 0.4) is 0 Å². The van der Waals surface area contributed by atoms with Crippen LogP contribution in [0.15, 0.2) is 72.1 Å². The van der Waals surface area contributed by atoms with Gasteiger partial charge in [-0.1, -0.05) is 48.2 Å². The fourth-order valence-corrected chi connectivity index (χ4v) is 4.63. The van der Waals surface area contributed by atoms with Gasteiger partial charge in [-0.2, -0.15) is 0 Å². The summed E-state index contributed by atoms with van der Waals surface area (Å²) in [6.07, 6.45) is 4.47. The second-order valence-corrected chi connectivity index (χ2v) is 8.49. The number of hydrogen-bond acceptors (Lipinski definition) is 4. The van der Waals surface area contributed by atoms with E-state index in [-0.39, 0.29) is 11.8 Å². The van der Waals surface area contributed by atoms with Crippen LogP contribution in [0.4, 0.5) is 0 Å². The first-order chi connectivity index (χ1) is 15.1. The fourth-order valence-electron chi connectivity index (χ4n) is 3.76. The van der Waals surface area contributed by atoms with Crippen LogP contribution in [0.1, 0.15) is 22.3 Å². The Hall–Kier alpha value is -3.06. The van der Waals surface area contributed by atoms with Gasteiger partial charge < -0.3 is 9.80 Å². The number of aromatic nitrogens is 2. The van der Waals surface area contributed by atoms with Crippen molar-refractivity contribution in [3.05, 3.63) is 78.1 Å². The van der Waals surface area contributed by atoms with E-state index in [1.165, 1.54) is 11.8 Å². The van der Waals surface area contributed by atoms with Gasteiger partial charge in [0.2, 0.25) is 5.91 Å². The van der Waals surface area contributed by atoms with Crippen molar-refractivity contribution in [1.29, 1.82) is 0 Å². The van der Waals surface area contributed by atoms with Crippen molar-refractivity contribution >= 4 is 23.6 Å². The zero-order chi connectivity index (χ0) is 21.6. The molecule has 1 aliphatic rings. The van der Waals surface area contributed by atoms with Gasteiger partial charge in [0.25, 0.3) is 5.91 Å². The van der Waals surface area contributed by atoms with E-state index in [0.29, 0.717) is 37.5 Å². The predicted molar refractivity (Wildman–Crippen MR) is 123 cm³/mol. The van der Waals surface area contributed by atoms with E-state index in [9.17, 15) is 9.59 Å². The first kappa shape index (κ1) is 21.2. The number of benzene rings is 2. The predicted octanol–water partition coefficient (Wildman–Crippen LogP) is 3.65. The Kier molecular flexibility index (Phi) is 6.72. The van der Waals surface area contributed by atoms with E-state index >= 15 is 0 Å². The maximum atomic E-state index is 12.9. The van der Waals surface area contributed by atoms with Gasteiger partial charge in [-0.15, -0.1) is 0 Å². The number of imidazole rings is 1. The van der Waals surface area contributed by atoms with Crippen LogP contribution >= 0.6 is 11.8 Å². The molecule has 4 rings (SSSR count). The number of hydrogen-bond donors (Lipinski definition) is 0. The number of nitrogens with zero attached hydrogens (tertiary/aromatic N) is 4. The largest absolute Gasteiger partial charge is 0.340 e. The van der Waals surface area contributed by atoms with E-state index in [1.54, 1.807) is 6.20 Å². The molecule has 0 saturated carbocycles. The van der Waals surface area contributed by atoms with Crippen molar-refractivity contribution in [3.8, 4) is 5.69 Å². The summed E-state index contributed by atoms with van der Waals surface area (Å²) in [4.78, 5) is 33.7. The molecule has 0 unspecified atom stereocenters. The van der Waals surface area contributed by atoms with Crippen LogP contribution in [-0.2, 0) is 4.79 Å². The molecule has 3 aromatic rings. The first-order valence-electron chi connectivity index (χ1n) is 10.5. The van der Waals surface area contributed by atoms with Gasteiger partial charge in [0.05, 0.1) is 11.4 Å². The van der Waals surface area contributed by atoms with Crippen LogP contribution < -0.4 is 0 Å². The summed E-state index contributed by atoms with van der Waals surface area (Å²) in [5.74, 6) is 0.443. The minimum atomic E-state index is 0.0320. The molecule has 0 bridgehead atoms. The molecule has 160 valence electrons. The number of para-hydroxylation sites is 1. The summed E-state index contributed by atoms with van der Waals surface area (Å²) in [5, 5.41) is 0.804. The Bertz CT molecular complexity index is 1050. The van der Waals surface area contributed by atoms with Gasteiger partial charge >= 0.3 is 0 Å². The first-order valence-corrected chi connectivity index (χ1v) is 11.5. The molecule has 2 aromatic carbocycles. The summed E-state index contributed by atoms with van der Waals surface area (Å²) in [7, 11) is 0. The molecule has 1 fully saturated rings. The highest BCUT2D eigenvalue weighted by atomic mass is 32.2. The summed E-state index contributed by atoms with van der Waals surface area (Å²) in [6.45, 7) is 4.52. The summed E-state index contributed by atoms with van der Waals surface area (Å²) >= 11 is 1.45. The Labute approximate surface area is 186 Å². The minimum Gasteiger partial charge on any atom is -0.340 e.